The lowest BCUT2D eigenvalue weighted by atomic mass is 10.1. The van der Waals surface area contributed by atoms with Crippen molar-refractivity contribution in [3.05, 3.63) is 65.0 Å². The van der Waals surface area contributed by atoms with Crippen molar-refractivity contribution in [2.75, 3.05) is 6.54 Å². The number of hydrogen-bond donors (Lipinski definition) is 2. The SMILES string of the molecule is Cc1ccccc1CCNC(=O)c1ncccc1C(=O)O. The lowest BCUT2D eigenvalue weighted by Crippen LogP contribution is -2.28. The topological polar surface area (TPSA) is 79.3 Å². The number of carbonyl (C=O) groups excluding carboxylic acids is 1. The summed E-state index contributed by atoms with van der Waals surface area (Å²) in [6.45, 7) is 2.44. The van der Waals surface area contributed by atoms with Gasteiger partial charge in [-0.25, -0.2) is 4.79 Å². The van der Waals surface area contributed by atoms with Crippen LogP contribution in [0.2, 0.25) is 0 Å². The molecule has 0 saturated heterocycles. The molecule has 2 aromatic rings. The Balaban J connectivity index is 2.00. The highest BCUT2D eigenvalue weighted by Gasteiger charge is 2.16. The Bertz CT molecular complexity index is 668. The second-order valence-electron chi connectivity index (χ2n) is 4.64. The van der Waals surface area contributed by atoms with Crippen LogP contribution in [0.25, 0.3) is 0 Å². The second-order valence-corrected chi connectivity index (χ2v) is 4.64. The van der Waals surface area contributed by atoms with Gasteiger partial charge in [-0.3, -0.25) is 9.78 Å². The van der Waals surface area contributed by atoms with Gasteiger partial charge < -0.3 is 10.4 Å². The first-order chi connectivity index (χ1) is 10.1. The molecular weight excluding hydrogens is 268 g/mol. The average molecular weight is 284 g/mol. The van der Waals surface area contributed by atoms with Crippen LogP contribution < -0.4 is 5.32 Å². The number of carbonyl (C=O) groups is 2. The maximum Gasteiger partial charge on any atom is 0.338 e. The third kappa shape index (κ3) is 3.66. The van der Waals surface area contributed by atoms with Crippen LogP contribution in [0, 0.1) is 6.92 Å². The van der Waals surface area contributed by atoms with Crippen LogP contribution in [-0.2, 0) is 6.42 Å². The number of nitrogens with zero attached hydrogens (tertiary/aromatic N) is 1. The number of pyridine rings is 1. The summed E-state index contributed by atoms with van der Waals surface area (Å²) in [5.74, 6) is -1.63. The molecule has 21 heavy (non-hydrogen) atoms. The summed E-state index contributed by atoms with van der Waals surface area (Å²) in [7, 11) is 0. The van der Waals surface area contributed by atoms with Crippen molar-refractivity contribution in [2.45, 2.75) is 13.3 Å². The van der Waals surface area contributed by atoms with Crippen LogP contribution in [0.3, 0.4) is 0 Å². The predicted octanol–water partition coefficient (Wildman–Crippen LogP) is 2.06. The molecule has 0 aliphatic rings. The Labute approximate surface area is 122 Å². The smallest absolute Gasteiger partial charge is 0.338 e. The van der Waals surface area contributed by atoms with E-state index in [1.54, 1.807) is 0 Å². The number of aryl methyl sites for hydroxylation is 1. The van der Waals surface area contributed by atoms with E-state index in [1.807, 2.05) is 31.2 Å². The number of aromatic nitrogens is 1. The van der Waals surface area contributed by atoms with Crippen LogP contribution in [0.4, 0.5) is 0 Å². The quantitative estimate of drug-likeness (QED) is 0.880. The third-order valence-corrected chi connectivity index (χ3v) is 3.19. The first kappa shape index (κ1) is 14.7. The molecule has 1 aromatic heterocycles. The van der Waals surface area contributed by atoms with E-state index < -0.39 is 11.9 Å². The van der Waals surface area contributed by atoms with Crippen LogP contribution >= 0.6 is 0 Å². The van der Waals surface area contributed by atoms with Gasteiger partial charge in [-0.2, -0.15) is 0 Å². The molecule has 1 aromatic carbocycles. The van der Waals surface area contributed by atoms with Crippen LogP contribution in [0.1, 0.15) is 32.0 Å². The van der Waals surface area contributed by atoms with E-state index in [2.05, 4.69) is 10.3 Å². The molecule has 0 fully saturated rings. The van der Waals surface area contributed by atoms with E-state index in [4.69, 9.17) is 5.11 Å². The molecule has 5 heteroatoms. The van der Waals surface area contributed by atoms with Crippen LogP contribution in [0.5, 0.6) is 0 Å². The minimum absolute atomic E-state index is 0.0604. The Morgan fingerprint density at radius 1 is 1.19 bits per heavy atom. The van der Waals surface area contributed by atoms with Gasteiger partial charge in [-0.05, 0) is 36.6 Å². The fraction of sp³-hybridized carbons (Fsp3) is 0.188. The van der Waals surface area contributed by atoms with Crippen molar-refractivity contribution < 1.29 is 14.7 Å². The van der Waals surface area contributed by atoms with E-state index in [0.717, 1.165) is 11.1 Å². The number of hydrogen-bond acceptors (Lipinski definition) is 3. The second kappa shape index (κ2) is 6.65. The van der Waals surface area contributed by atoms with Gasteiger partial charge >= 0.3 is 5.97 Å². The Kier molecular flexibility index (Phi) is 4.66. The summed E-state index contributed by atoms with van der Waals surface area (Å²) in [6, 6.07) is 10.8. The summed E-state index contributed by atoms with van der Waals surface area (Å²) in [6.07, 6.45) is 2.09. The lowest BCUT2D eigenvalue weighted by molar-refractivity contribution is 0.0690. The maximum atomic E-state index is 12.0. The van der Waals surface area contributed by atoms with Gasteiger partial charge in [0.25, 0.3) is 5.91 Å². The van der Waals surface area contributed by atoms with E-state index in [-0.39, 0.29) is 11.3 Å². The number of amides is 1. The van der Waals surface area contributed by atoms with Gasteiger partial charge in [0.1, 0.15) is 5.69 Å². The molecule has 0 unspecified atom stereocenters. The van der Waals surface area contributed by atoms with E-state index in [9.17, 15) is 9.59 Å². The maximum absolute atomic E-state index is 12.0. The molecule has 0 radical (unpaired) electrons. The monoisotopic (exact) mass is 284 g/mol. The van der Waals surface area contributed by atoms with E-state index in [0.29, 0.717) is 13.0 Å². The number of carboxylic acids is 1. The zero-order valence-electron chi connectivity index (χ0n) is 11.7. The number of benzene rings is 1. The van der Waals surface area contributed by atoms with Gasteiger partial charge in [0.15, 0.2) is 0 Å². The largest absolute Gasteiger partial charge is 0.478 e. The minimum Gasteiger partial charge on any atom is -0.478 e. The Morgan fingerprint density at radius 3 is 2.67 bits per heavy atom. The van der Waals surface area contributed by atoms with Crippen molar-refractivity contribution in [1.29, 1.82) is 0 Å². The normalized spacial score (nSPS) is 10.1. The summed E-state index contributed by atoms with van der Waals surface area (Å²) in [4.78, 5) is 26.9. The van der Waals surface area contributed by atoms with Gasteiger partial charge in [-0.15, -0.1) is 0 Å². The fourth-order valence-corrected chi connectivity index (χ4v) is 2.04. The molecule has 1 amide bonds. The van der Waals surface area contributed by atoms with Crippen LogP contribution in [-0.4, -0.2) is 28.5 Å². The zero-order valence-corrected chi connectivity index (χ0v) is 11.7. The number of aromatic carboxylic acids is 1. The zero-order chi connectivity index (χ0) is 15.2. The van der Waals surface area contributed by atoms with Gasteiger partial charge in [0.2, 0.25) is 0 Å². The first-order valence-corrected chi connectivity index (χ1v) is 6.60. The predicted molar refractivity (Wildman–Crippen MR) is 78.4 cm³/mol. The van der Waals surface area contributed by atoms with Crippen molar-refractivity contribution in [3.63, 3.8) is 0 Å². The summed E-state index contributed by atoms with van der Waals surface area (Å²) >= 11 is 0. The van der Waals surface area contributed by atoms with Crippen molar-refractivity contribution in [1.82, 2.24) is 10.3 Å². The minimum atomic E-state index is -1.16. The van der Waals surface area contributed by atoms with Crippen molar-refractivity contribution in [3.8, 4) is 0 Å². The molecule has 2 N–H and O–H groups in total. The Hall–Kier alpha value is -2.69. The molecule has 2 rings (SSSR count). The highest BCUT2D eigenvalue weighted by molar-refractivity contribution is 6.03. The molecule has 0 aliphatic carbocycles. The van der Waals surface area contributed by atoms with Gasteiger partial charge in [-0.1, -0.05) is 24.3 Å². The highest BCUT2D eigenvalue weighted by Crippen LogP contribution is 2.08. The van der Waals surface area contributed by atoms with Crippen molar-refractivity contribution in [2.24, 2.45) is 0 Å². The summed E-state index contributed by atoms with van der Waals surface area (Å²) < 4.78 is 0. The number of rotatable bonds is 5. The molecule has 0 atom stereocenters. The molecule has 0 saturated carbocycles. The molecule has 5 nitrogen and oxygen atoms in total. The average Bonchev–Trinajstić information content (AvgIpc) is 2.49. The molecule has 1 heterocycles. The molecular formula is C16H16N2O3. The fourth-order valence-electron chi connectivity index (χ4n) is 2.04. The molecule has 0 spiro atoms. The van der Waals surface area contributed by atoms with Crippen LogP contribution in [0.15, 0.2) is 42.6 Å². The number of nitrogens with one attached hydrogen (secondary N) is 1. The molecule has 0 aliphatic heterocycles. The van der Waals surface area contributed by atoms with Gasteiger partial charge in [0, 0.05) is 12.7 Å². The first-order valence-electron chi connectivity index (χ1n) is 6.60. The van der Waals surface area contributed by atoms with E-state index >= 15 is 0 Å². The van der Waals surface area contributed by atoms with Gasteiger partial charge in [0.05, 0.1) is 5.56 Å². The summed E-state index contributed by atoms with van der Waals surface area (Å²) in [5, 5.41) is 11.7. The Morgan fingerprint density at radius 2 is 1.95 bits per heavy atom. The highest BCUT2D eigenvalue weighted by atomic mass is 16.4. The van der Waals surface area contributed by atoms with Crippen molar-refractivity contribution >= 4 is 11.9 Å². The standard InChI is InChI=1S/C16H16N2O3/c1-11-5-2-3-6-12(11)8-10-18-15(19)14-13(16(20)21)7-4-9-17-14/h2-7,9H,8,10H2,1H3,(H,18,19)(H,20,21). The third-order valence-electron chi connectivity index (χ3n) is 3.19. The lowest BCUT2D eigenvalue weighted by Gasteiger charge is -2.08. The summed E-state index contributed by atoms with van der Waals surface area (Å²) in [5.41, 5.74) is 2.16. The number of carboxylic acid groups (broad SMARTS) is 1. The molecule has 0 bridgehead atoms. The van der Waals surface area contributed by atoms with E-state index in [1.165, 1.54) is 18.3 Å². The molecule has 108 valence electrons.